The Kier molecular flexibility index (Phi) is 3.58. The van der Waals surface area contributed by atoms with Crippen LogP contribution in [0.3, 0.4) is 0 Å². The van der Waals surface area contributed by atoms with Crippen LogP contribution in [0.4, 0.5) is 11.4 Å². The fourth-order valence-electron chi connectivity index (χ4n) is 1.13. The van der Waals surface area contributed by atoms with E-state index in [1.54, 1.807) is 0 Å². The van der Waals surface area contributed by atoms with Gasteiger partial charge in [0, 0.05) is 23.5 Å². The molecule has 0 saturated heterocycles. The maximum absolute atomic E-state index is 5.71. The monoisotopic (exact) mass is 207 g/mol. The van der Waals surface area contributed by atoms with E-state index in [-0.39, 0.29) is 5.54 Å². The van der Waals surface area contributed by atoms with Gasteiger partial charge in [-0.2, -0.15) is 0 Å². The van der Waals surface area contributed by atoms with Crippen LogP contribution in [0.25, 0.3) is 0 Å². The van der Waals surface area contributed by atoms with E-state index < -0.39 is 0 Å². The van der Waals surface area contributed by atoms with E-state index in [2.05, 4.69) is 38.2 Å². The zero-order valence-corrected chi connectivity index (χ0v) is 10.0. The second-order valence-electron chi connectivity index (χ2n) is 4.69. The minimum atomic E-state index is 0.130. The molecule has 1 rings (SSSR count). The molecule has 0 unspecified atom stereocenters. The number of nitrogens with one attached hydrogen (secondary N) is 1. The lowest BCUT2D eigenvalue weighted by Gasteiger charge is -2.33. The summed E-state index contributed by atoms with van der Waals surface area (Å²) in [5.74, 6) is 0. The van der Waals surface area contributed by atoms with Gasteiger partial charge in [0.25, 0.3) is 0 Å². The van der Waals surface area contributed by atoms with E-state index in [1.807, 2.05) is 24.3 Å². The summed E-state index contributed by atoms with van der Waals surface area (Å²) in [5, 5.41) is 3.39. The molecule has 3 heteroatoms. The summed E-state index contributed by atoms with van der Waals surface area (Å²) in [7, 11) is 4.17. The quantitative estimate of drug-likeness (QED) is 0.742. The summed E-state index contributed by atoms with van der Waals surface area (Å²) in [6, 6.07) is 7.83. The first-order valence-corrected chi connectivity index (χ1v) is 5.19. The summed E-state index contributed by atoms with van der Waals surface area (Å²) in [4.78, 5) is 2.20. The highest BCUT2D eigenvalue weighted by atomic mass is 15.2. The SMILES string of the molecule is CN(C)C(C)(C)CNc1cccc(N)c1. The third kappa shape index (κ3) is 3.44. The molecular weight excluding hydrogens is 186 g/mol. The highest BCUT2D eigenvalue weighted by molar-refractivity contribution is 5.54. The molecule has 0 aromatic heterocycles. The first-order chi connectivity index (χ1) is 6.92. The van der Waals surface area contributed by atoms with Crippen molar-refractivity contribution in [2.45, 2.75) is 19.4 Å². The second-order valence-corrected chi connectivity index (χ2v) is 4.69. The van der Waals surface area contributed by atoms with E-state index in [1.165, 1.54) is 0 Å². The zero-order valence-electron chi connectivity index (χ0n) is 10.0. The lowest BCUT2D eigenvalue weighted by molar-refractivity contribution is 0.210. The molecule has 0 spiro atoms. The number of nitrogen functional groups attached to an aromatic ring is 1. The number of likely N-dealkylation sites (N-methyl/N-ethyl adjacent to an activating group) is 1. The van der Waals surface area contributed by atoms with Crippen LogP contribution < -0.4 is 11.1 Å². The van der Waals surface area contributed by atoms with Gasteiger partial charge < -0.3 is 16.0 Å². The van der Waals surface area contributed by atoms with Crippen molar-refractivity contribution < 1.29 is 0 Å². The van der Waals surface area contributed by atoms with E-state index >= 15 is 0 Å². The van der Waals surface area contributed by atoms with Crippen LogP contribution in [0.1, 0.15) is 13.8 Å². The van der Waals surface area contributed by atoms with Gasteiger partial charge in [-0.15, -0.1) is 0 Å². The van der Waals surface area contributed by atoms with Crippen molar-refractivity contribution in [1.29, 1.82) is 0 Å². The van der Waals surface area contributed by atoms with Crippen molar-refractivity contribution in [1.82, 2.24) is 4.90 Å². The Morgan fingerprint density at radius 2 is 2.00 bits per heavy atom. The highest BCUT2D eigenvalue weighted by Gasteiger charge is 2.19. The lowest BCUT2D eigenvalue weighted by atomic mass is 10.0. The number of rotatable bonds is 4. The van der Waals surface area contributed by atoms with E-state index in [0.29, 0.717) is 0 Å². The molecule has 0 radical (unpaired) electrons. The van der Waals surface area contributed by atoms with Gasteiger partial charge in [0.05, 0.1) is 0 Å². The topological polar surface area (TPSA) is 41.3 Å². The number of anilines is 2. The van der Waals surface area contributed by atoms with Crippen LogP contribution in [-0.4, -0.2) is 31.1 Å². The third-order valence-electron chi connectivity index (χ3n) is 2.82. The molecule has 84 valence electrons. The third-order valence-corrected chi connectivity index (χ3v) is 2.82. The molecule has 0 heterocycles. The van der Waals surface area contributed by atoms with Gasteiger partial charge in [-0.25, -0.2) is 0 Å². The Hall–Kier alpha value is -1.22. The highest BCUT2D eigenvalue weighted by Crippen LogP contribution is 2.15. The molecule has 0 amide bonds. The van der Waals surface area contributed by atoms with E-state index in [4.69, 9.17) is 5.73 Å². The van der Waals surface area contributed by atoms with Crippen molar-refractivity contribution in [2.24, 2.45) is 0 Å². The molecule has 0 bridgehead atoms. The Morgan fingerprint density at radius 3 is 2.53 bits per heavy atom. The van der Waals surface area contributed by atoms with Gasteiger partial charge in [-0.3, -0.25) is 0 Å². The van der Waals surface area contributed by atoms with Crippen LogP contribution in [0.5, 0.6) is 0 Å². The summed E-state index contributed by atoms with van der Waals surface area (Å²) in [6.45, 7) is 5.29. The van der Waals surface area contributed by atoms with Gasteiger partial charge in [0.2, 0.25) is 0 Å². The Balaban J connectivity index is 2.57. The molecule has 0 saturated carbocycles. The zero-order chi connectivity index (χ0) is 11.5. The number of benzene rings is 1. The molecule has 0 atom stereocenters. The Bertz CT molecular complexity index is 318. The summed E-state index contributed by atoms with van der Waals surface area (Å²) in [5.41, 5.74) is 7.71. The number of hydrogen-bond donors (Lipinski definition) is 2. The average Bonchev–Trinajstić information content (AvgIpc) is 2.15. The van der Waals surface area contributed by atoms with Crippen LogP contribution in [-0.2, 0) is 0 Å². The van der Waals surface area contributed by atoms with Crippen LogP contribution >= 0.6 is 0 Å². The molecule has 0 aliphatic heterocycles. The number of hydrogen-bond acceptors (Lipinski definition) is 3. The van der Waals surface area contributed by atoms with Gasteiger partial charge >= 0.3 is 0 Å². The molecule has 0 fully saturated rings. The Morgan fingerprint density at radius 1 is 1.33 bits per heavy atom. The maximum atomic E-state index is 5.71. The van der Waals surface area contributed by atoms with Gasteiger partial charge in [0.15, 0.2) is 0 Å². The van der Waals surface area contributed by atoms with Crippen molar-refractivity contribution in [3.63, 3.8) is 0 Å². The van der Waals surface area contributed by atoms with Gasteiger partial charge in [0.1, 0.15) is 0 Å². The van der Waals surface area contributed by atoms with Crippen molar-refractivity contribution in [3.8, 4) is 0 Å². The number of nitrogens with two attached hydrogens (primary N) is 1. The van der Waals surface area contributed by atoms with Gasteiger partial charge in [-0.05, 0) is 46.1 Å². The molecule has 15 heavy (non-hydrogen) atoms. The largest absolute Gasteiger partial charge is 0.399 e. The van der Waals surface area contributed by atoms with Crippen molar-refractivity contribution in [3.05, 3.63) is 24.3 Å². The molecule has 1 aromatic rings. The average molecular weight is 207 g/mol. The van der Waals surface area contributed by atoms with Crippen LogP contribution in [0.15, 0.2) is 24.3 Å². The molecule has 0 aliphatic rings. The fraction of sp³-hybridized carbons (Fsp3) is 0.500. The first-order valence-electron chi connectivity index (χ1n) is 5.19. The summed E-state index contributed by atoms with van der Waals surface area (Å²) < 4.78 is 0. The normalized spacial score (nSPS) is 11.8. The van der Waals surface area contributed by atoms with Crippen molar-refractivity contribution in [2.75, 3.05) is 31.7 Å². The van der Waals surface area contributed by atoms with Gasteiger partial charge in [-0.1, -0.05) is 6.07 Å². The minimum Gasteiger partial charge on any atom is -0.399 e. The molecule has 3 N–H and O–H groups in total. The summed E-state index contributed by atoms with van der Waals surface area (Å²) in [6.07, 6.45) is 0. The Labute approximate surface area is 92.3 Å². The molecule has 0 aliphatic carbocycles. The summed E-state index contributed by atoms with van der Waals surface area (Å²) >= 11 is 0. The smallest absolute Gasteiger partial charge is 0.0361 e. The van der Waals surface area contributed by atoms with Crippen LogP contribution in [0, 0.1) is 0 Å². The predicted octanol–water partition coefficient (Wildman–Crippen LogP) is 2.02. The van der Waals surface area contributed by atoms with Crippen molar-refractivity contribution >= 4 is 11.4 Å². The second kappa shape index (κ2) is 4.53. The van der Waals surface area contributed by atoms with E-state index in [0.717, 1.165) is 17.9 Å². The lowest BCUT2D eigenvalue weighted by Crippen LogP contribution is -2.44. The standard InChI is InChI=1S/C12H21N3/c1-12(2,15(3)4)9-14-11-7-5-6-10(13)8-11/h5-8,14H,9,13H2,1-4H3. The molecule has 1 aromatic carbocycles. The van der Waals surface area contributed by atoms with E-state index in [9.17, 15) is 0 Å². The maximum Gasteiger partial charge on any atom is 0.0361 e. The fourth-order valence-corrected chi connectivity index (χ4v) is 1.13. The number of nitrogens with zero attached hydrogens (tertiary/aromatic N) is 1. The van der Waals surface area contributed by atoms with Crippen LogP contribution in [0.2, 0.25) is 0 Å². The molecule has 3 nitrogen and oxygen atoms in total. The first kappa shape index (κ1) is 11.9. The molecular formula is C12H21N3. The predicted molar refractivity (Wildman–Crippen MR) is 67.1 cm³/mol. The minimum absolute atomic E-state index is 0.130.